The van der Waals surface area contributed by atoms with Gasteiger partial charge < -0.3 is 5.73 Å². The molecule has 1 atom stereocenters. The lowest BCUT2D eigenvalue weighted by atomic mass is 9.90. The molecule has 0 aliphatic heterocycles. The van der Waals surface area contributed by atoms with Crippen LogP contribution in [0.2, 0.25) is 0 Å². The summed E-state index contributed by atoms with van der Waals surface area (Å²) < 4.78 is 0. The van der Waals surface area contributed by atoms with Gasteiger partial charge in [-0.05, 0) is 37.3 Å². The van der Waals surface area contributed by atoms with Gasteiger partial charge in [0.15, 0.2) is 0 Å². The summed E-state index contributed by atoms with van der Waals surface area (Å²) in [6, 6.07) is 6.33. The van der Waals surface area contributed by atoms with Gasteiger partial charge in [-0.25, -0.2) is 0 Å². The van der Waals surface area contributed by atoms with E-state index >= 15 is 0 Å². The van der Waals surface area contributed by atoms with Gasteiger partial charge in [-0.1, -0.05) is 42.5 Å². The molecule has 0 heterocycles. The number of nitrogen functional groups attached to an aromatic ring is 1. The highest BCUT2D eigenvalue weighted by molar-refractivity contribution is 5.55. The molecule has 1 aromatic carbocycles. The molecule has 0 saturated carbocycles. The number of nitrogens with two attached hydrogens (primary N) is 1. The Morgan fingerprint density at radius 1 is 1.19 bits per heavy atom. The maximum absolute atomic E-state index is 6.15. The summed E-state index contributed by atoms with van der Waals surface area (Å²) in [6.07, 6.45) is 12.4. The van der Waals surface area contributed by atoms with Crippen LogP contribution >= 0.6 is 0 Å². The minimum atomic E-state index is 0.477. The second kappa shape index (κ2) is 5.02. The number of aryl methyl sites for hydroxylation is 1. The molecule has 84 valence electrons. The van der Waals surface area contributed by atoms with E-state index in [0.29, 0.717) is 5.92 Å². The standard InChI is InChI=1S/C15H19N/c1-12-8-7-11-14(15(12)16)13-9-5-3-2-4-6-10-13/h2-3,6-8,10-11,13H,4-5,9,16H2,1H3/b3-2-,10-6-. The molecule has 1 unspecified atom stereocenters. The van der Waals surface area contributed by atoms with Crippen molar-refractivity contribution in [1.29, 1.82) is 0 Å². The molecule has 16 heavy (non-hydrogen) atoms. The summed E-state index contributed by atoms with van der Waals surface area (Å²) in [4.78, 5) is 0. The fraction of sp³-hybridized carbons (Fsp3) is 0.333. The average Bonchev–Trinajstić information content (AvgIpc) is 2.23. The van der Waals surface area contributed by atoms with Crippen molar-refractivity contribution in [1.82, 2.24) is 0 Å². The lowest BCUT2D eigenvalue weighted by Gasteiger charge is -2.17. The van der Waals surface area contributed by atoms with E-state index in [4.69, 9.17) is 5.73 Å². The maximum atomic E-state index is 6.15. The van der Waals surface area contributed by atoms with Crippen LogP contribution < -0.4 is 5.73 Å². The first-order chi connectivity index (χ1) is 7.79. The van der Waals surface area contributed by atoms with Gasteiger partial charge >= 0.3 is 0 Å². The highest BCUT2D eigenvalue weighted by Gasteiger charge is 2.12. The molecular weight excluding hydrogens is 194 g/mol. The Kier molecular flexibility index (Phi) is 3.45. The summed E-state index contributed by atoms with van der Waals surface area (Å²) in [5.74, 6) is 0.477. The molecule has 0 spiro atoms. The average molecular weight is 213 g/mol. The van der Waals surface area contributed by atoms with E-state index in [1.54, 1.807) is 0 Å². The van der Waals surface area contributed by atoms with Crippen molar-refractivity contribution in [2.75, 3.05) is 5.73 Å². The van der Waals surface area contributed by atoms with Crippen molar-refractivity contribution < 1.29 is 0 Å². The molecule has 0 radical (unpaired) electrons. The zero-order chi connectivity index (χ0) is 11.4. The first kappa shape index (κ1) is 11.0. The third-order valence-electron chi connectivity index (χ3n) is 3.21. The lowest BCUT2D eigenvalue weighted by molar-refractivity contribution is 0.744. The van der Waals surface area contributed by atoms with Gasteiger partial charge in [-0.3, -0.25) is 0 Å². The summed E-state index contributed by atoms with van der Waals surface area (Å²) in [6.45, 7) is 2.07. The zero-order valence-corrected chi connectivity index (χ0v) is 9.82. The largest absolute Gasteiger partial charge is 0.398 e. The fourth-order valence-electron chi connectivity index (χ4n) is 2.19. The third-order valence-corrected chi connectivity index (χ3v) is 3.21. The van der Waals surface area contributed by atoms with Gasteiger partial charge in [0, 0.05) is 11.6 Å². The van der Waals surface area contributed by atoms with Gasteiger partial charge in [-0.15, -0.1) is 0 Å². The predicted molar refractivity (Wildman–Crippen MR) is 70.5 cm³/mol. The molecule has 1 heteroatoms. The number of hydrogen-bond acceptors (Lipinski definition) is 1. The molecule has 0 fully saturated rings. The molecular formula is C15H19N. The fourth-order valence-corrected chi connectivity index (χ4v) is 2.19. The van der Waals surface area contributed by atoms with E-state index in [0.717, 1.165) is 24.9 Å². The topological polar surface area (TPSA) is 26.0 Å². The predicted octanol–water partition coefficient (Wildman–Crippen LogP) is 3.96. The molecule has 1 aliphatic rings. The molecule has 2 rings (SSSR count). The number of anilines is 1. The third kappa shape index (κ3) is 2.35. The quantitative estimate of drug-likeness (QED) is 0.554. The van der Waals surface area contributed by atoms with Gasteiger partial charge in [-0.2, -0.15) is 0 Å². The monoisotopic (exact) mass is 213 g/mol. The van der Waals surface area contributed by atoms with Gasteiger partial charge in [0.1, 0.15) is 0 Å². The van der Waals surface area contributed by atoms with Crippen LogP contribution in [0, 0.1) is 6.92 Å². The van der Waals surface area contributed by atoms with Crippen molar-refractivity contribution in [3.8, 4) is 0 Å². The Morgan fingerprint density at radius 3 is 2.94 bits per heavy atom. The van der Waals surface area contributed by atoms with Crippen LogP contribution in [0.1, 0.15) is 36.3 Å². The van der Waals surface area contributed by atoms with Gasteiger partial charge in [0.25, 0.3) is 0 Å². The Morgan fingerprint density at radius 2 is 2.06 bits per heavy atom. The molecule has 0 aromatic heterocycles. The Balaban J connectivity index is 2.28. The van der Waals surface area contributed by atoms with Gasteiger partial charge in [0.05, 0.1) is 0 Å². The molecule has 0 saturated heterocycles. The number of allylic oxidation sites excluding steroid dienone is 4. The van der Waals surface area contributed by atoms with Crippen molar-refractivity contribution in [3.05, 3.63) is 53.6 Å². The van der Waals surface area contributed by atoms with E-state index in [1.807, 2.05) is 0 Å². The van der Waals surface area contributed by atoms with Crippen LogP contribution in [0.15, 0.2) is 42.5 Å². The summed E-state index contributed by atoms with van der Waals surface area (Å²) in [5, 5.41) is 0. The minimum absolute atomic E-state index is 0.477. The molecule has 0 amide bonds. The van der Waals surface area contributed by atoms with Crippen LogP contribution in [0.3, 0.4) is 0 Å². The first-order valence-corrected chi connectivity index (χ1v) is 5.95. The van der Waals surface area contributed by atoms with Gasteiger partial charge in [0.2, 0.25) is 0 Å². The highest BCUT2D eigenvalue weighted by Crippen LogP contribution is 2.30. The summed E-state index contributed by atoms with van der Waals surface area (Å²) in [5.41, 5.74) is 9.58. The number of benzene rings is 1. The van der Waals surface area contributed by atoms with Crippen molar-refractivity contribution in [2.24, 2.45) is 0 Å². The zero-order valence-electron chi connectivity index (χ0n) is 9.82. The van der Waals surface area contributed by atoms with Crippen molar-refractivity contribution in [2.45, 2.75) is 32.1 Å². The van der Waals surface area contributed by atoms with E-state index < -0.39 is 0 Å². The van der Waals surface area contributed by atoms with Crippen molar-refractivity contribution in [3.63, 3.8) is 0 Å². The molecule has 0 bridgehead atoms. The smallest absolute Gasteiger partial charge is 0.0382 e. The second-order valence-corrected chi connectivity index (χ2v) is 4.40. The van der Waals surface area contributed by atoms with E-state index in [1.165, 1.54) is 11.1 Å². The van der Waals surface area contributed by atoms with Crippen molar-refractivity contribution >= 4 is 5.69 Å². The van der Waals surface area contributed by atoms with Crippen LogP contribution in [0.5, 0.6) is 0 Å². The molecule has 1 aromatic rings. The van der Waals surface area contributed by atoms with E-state index in [-0.39, 0.29) is 0 Å². The molecule has 1 aliphatic carbocycles. The van der Waals surface area contributed by atoms with Crippen LogP contribution in [-0.4, -0.2) is 0 Å². The Labute approximate surface area is 97.7 Å². The summed E-state index contributed by atoms with van der Waals surface area (Å²) in [7, 11) is 0. The highest BCUT2D eigenvalue weighted by atomic mass is 14.6. The van der Waals surface area contributed by atoms with E-state index in [2.05, 4.69) is 49.4 Å². The lowest BCUT2D eigenvalue weighted by Crippen LogP contribution is -2.02. The Bertz CT molecular complexity index is 415. The van der Waals surface area contributed by atoms with Crippen LogP contribution in [0.25, 0.3) is 0 Å². The van der Waals surface area contributed by atoms with Crippen LogP contribution in [0.4, 0.5) is 5.69 Å². The summed E-state index contributed by atoms with van der Waals surface area (Å²) >= 11 is 0. The van der Waals surface area contributed by atoms with E-state index in [9.17, 15) is 0 Å². The molecule has 1 nitrogen and oxygen atoms in total. The Hall–Kier alpha value is -1.50. The normalized spacial score (nSPS) is 24.4. The number of para-hydroxylation sites is 1. The minimum Gasteiger partial charge on any atom is -0.398 e. The number of hydrogen-bond donors (Lipinski definition) is 1. The first-order valence-electron chi connectivity index (χ1n) is 5.95. The maximum Gasteiger partial charge on any atom is 0.0382 e. The second-order valence-electron chi connectivity index (χ2n) is 4.40. The number of rotatable bonds is 1. The van der Waals surface area contributed by atoms with Crippen LogP contribution in [-0.2, 0) is 0 Å². The molecule has 2 N–H and O–H groups in total. The SMILES string of the molecule is Cc1cccc(C2/C=C\C/C=C\CC2)c1N.